The molecule has 0 aliphatic carbocycles. The van der Waals surface area contributed by atoms with Gasteiger partial charge in [-0.05, 0) is 63.9 Å². The molecule has 9 nitrogen and oxygen atoms in total. The molecule has 1 N–H and O–H groups in total. The minimum atomic E-state index is -4.70. The Kier molecular flexibility index (Phi) is 60.9. The molecule has 3 unspecified atom stereocenters. The largest absolute Gasteiger partial charge is 0.756 e. The van der Waals surface area contributed by atoms with Gasteiger partial charge in [0.15, 0.2) is 0 Å². The second-order valence-electron chi connectivity index (χ2n) is 25.7. The minimum absolute atomic E-state index is 0.0185. The van der Waals surface area contributed by atoms with Crippen LogP contribution in [0.25, 0.3) is 0 Å². The van der Waals surface area contributed by atoms with Gasteiger partial charge in [0.2, 0.25) is 5.91 Å². The Bertz CT molecular complexity index is 1500. The van der Waals surface area contributed by atoms with Crippen LogP contribution in [0.4, 0.5) is 0 Å². The van der Waals surface area contributed by atoms with Crippen molar-refractivity contribution in [2.45, 2.75) is 373 Å². The highest BCUT2D eigenvalue weighted by Crippen LogP contribution is 2.38. The second kappa shape index (κ2) is 62.3. The van der Waals surface area contributed by atoms with Crippen molar-refractivity contribution in [1.82, 2.24) is 5.32 Å². The first kappa shape index (κ1) is 80.2. The van der Waals surface area contributed by atoms with E-state index in [1.165, 1.54) is 263 Å². The topological polar surface area (TPSA) is 114 Å². The smallest absolute Gasteiger partial charge is 0.306 e. The normalized spacial score (nSPS) is 13.7. The third kappa shape index (κ3) is 62.8. The van der Waals surface area contributed by atoms with Gasteiger partial charge in [-0.25, -0.2) is 0 Å². The van der Waals surface area contributed by atoms with Gasteiger partial charge in [-0.3, -0.25) is 14.2 Å². The number of quaternary nitrogens is 1. The van der Waals surface area contributed by atoms with Crippen molar-refractivity contribution < 1.29 is 37.3 Å². The summed E-state index contributed by atoms with van der Waals surface area (Å²) in [5.41, 5.74) is 0. The van der Waals surface area contributed by atoms with Gasteiger partial charge in [-0.2, -0.15) is 0 Å². The molecule has 0 aliphatic heterocycles. The van der Waals surface area contributed by atoms with E-state index in [9.17, 15) is 19.0 Å². The highest BCUT2D eigenvalue weighted by molar-refractivity contribution is 7.45. The fraction of sp³-hybridized carbons (Fsp3) is 0.889. The van der Waals surface area contributed by atoms with Gasteiger partial charge in [0.25, 0.3) is 7.82 Å². The number of nitrogens with zero attached hydrogens (tertiary/aromatic N) is 1. The number of rotatable bonds is 66. The van der Waals surface area contributed by atoms with Gasteiger partial charge in [-0.15, -0.1) is 0 Å². The Morgan fingerprint density at radius 1 is 0.427 bits per heavy atom. The summed E-state index contributed by atoms with van der Waals surface area (Å²) in [6.07, 6.45) is 77.0. The lowest BCUT2D eigenvalue weighted by atomic mass is 10.0. The van der Waals surface area contributed by atoms with Gasteiger partial charge in [0.05, 0.1) is 33.8 Å². The van der Waals surface area contributed by atoms with Crippen LogP contribution in [-0.4, -0.2) is 69.4 Å². The molecule has 0 saturated carbocycles. The van der Waals surface area contributed by atoms with Crippen molar-refractivity contribution in [3.63, 3.8) is 0 Å². The zero-order chi connectivity index (χ0) is 60.0. The molecule has 0 radical (unpaired) electrons. The maximum atomic E-state index is 13.6. The molecule has 0 aromatic heterocycles. The number of unbranched alkanes of at least 4 members (excludes halogenated alkanes) is 46. The Morgan fingerprint density at radius 3 is 1.12 bits per heavy atom. The number of nitrogens with one attached hydrogen (secondary N) is 1. The van der Waals surface area contributed by atoms with Crippen molar-refractivity contribution in [3.8, 4) is 0 Å². The summed E-state index contributed by atoms with van der Waals surface area (Å²) in [6.45, 7) is 6.88. The van der Waals surface area contributed by atoms with Crippen LogP contribution in [0.2, 0.25) is 0 Å². The molecule has 484 valence electrons. The summed E-state index contributed by atoms with van der Waals surface area (Å²) < 4.78 is 30.5. The van der Waals surface area contributed by atoms with Crippen molar-refractivity contribution in [2.24, 2.45) is 0 Å². The van der Waals surface area contributed by atoms with E-state index in [1.54, 1.807) is 0 Å². The second-order valence-corrected chi connectivity index (χ2v) is 27.2. The molecule has 1 amide bonds. The Hall–Kier alpha value is -1.77. The van der Waals surface area contributed by atoms with Crippen LogP contribution >= 0.6 is 7.82 Å². The number of hydrogen-bond donors (Lipinski definition) is 1. The summed E-state index contributed by atoms with van der Waals surface area (Å²) in [5.74, 6) is -0.519. The first-order valence-corrected chi connectivity index (χ1v) is 37.3. The monoisotopic (exact) mass is 1180 g/mol. The predicted molar refractivity (Wildman–Crippen MR) is 353 cm³/mol. The average molecular weight is 1180 g/mol. The maximum absolute atomic E-state index is 13.6. The number of esters is 1. The molecule has 10 heteroatoms. The Labute approximate surface area is 510 Å². The zero-order valence-corrected chi connectivity index (χ0v) is 56.4. The Balaban J connectivity index is 5.00. The first-order chi connectivity index (χ1) is 39.9. The molecule has 0 fully saturated rings. The van der Waals surface area contributed by atoms with Crippen LogP contribution in [0.3, 0.4) is 0 Å². The highest BCUT2D eigenvalue weighted by Gasteiger charge is 2.27. The lowest BCUT2D eigenvalue weighted by Crippen LogP contribution is -2.47. The van der Waals surface area contributed by atoms with Crippen LogP contribution < -0.4 is 10.2 Å². The fourth-order valence-electron chi connectivity index (χ4n) is 10.8. The summed E-state index contributed by atoms with van der Waals surface area (Å²) in [7, 11) is 1.21. The molecule has 3 atom stereocenters. The van der Waals surface area contributed by atoms with E-state index in [4.69, 9.17) is 13.8 Å². The number of hydrogen-bond acceptors (Lipinski definition) is 7. The van der Waals surface area contributed by atoms with Crippen LogP contribution in [0, 0.1) is 0 Å². The zero-order valence-electron chi connectivity index (χ0n) is 55.5. The quantitative estimate of drug-likeness (QED) is 0.0212. The van der Waals surface area contributed by atoms with E-state index in [2.05, 4.69) is 50.4 Å². The van der Waals surface area contributed by atoms with Gasteiger partial charge in [-0.1, -0.05) is 321 Å². The molecule has 0 aliphatic rings. The van der Waals surface area contributed by atoms with Crippen LogP contribution in [-0.2, 0) is 27.9 Å². The van der Waals surface area contributed by atoms with E-state index in [0.717, 1.165) is 64.2 Å². The maximum Gasteiger partial charge on any atom is 0.306 e. The number of phosphoric acid groups is 1. The molecule has 0 bridgehead atoms. The van der Waals surface area contributed by atoms with Crippen molar-refractivity contribution in [3.05, 3.63) is 36.5 Å². The molecule has 0 saturated heterocycles. The summed E-state index contributed by atoms with van der Waals surface area (Å²) >= 11 is 0. The van der Waals surface area contributed by atoms with Crippen LogP contribution in [0.15, 0.2) is 36.5 Å². The molecule has 0 spiro atoms. The molecule has 0 aromatic carbocycles. The summed E-state index contributed by atoms with van der Waals surface area (Å²) in [4.78, 5) is 40.2. The van der Waals surface area contributed by atoms with E-state index in [1.807, 2.05) is 33.3 Å². The van der Waals surface area contributed by atoms with Crippen molar-refractivity contribution in [1.29, 1.82) is 0 Å². The lowest BCUT2D eigenvalue weighted by Gasteiger charge is -2.30. The van der Waals surface area contributed by atoms with Crippen molar-refractivity contribution >= 4 is 19.7 Å². The summed E-state index contributed by atoms with van der Waals surface area (Å²) in [5, 5.41) is 3.05. The van der Waals surface area contributed by atoms with E-state index in [0.29, 0.717) is 17.4 Å². The number of carbonyl (C=O) groups excluding carboxylic acids is 2. The third-order valence-corrected chi connectivity index (χ3v) is 17.3. The van der Waals surface area contributed by atoms with E-state index in [-0.39, 0.29) is 31.5 Å². The highest BCUT2D eigenvalue weighted by atomic mass is 31.2. The van der Waals surface area contributed by atoms with Crippen molar-refractivity contribution in [2.75, 3.05) is 40.9 Å². The number of carbonyl (C=O) groups is 2. The first-order valence-electron chi connectivity index (χ1n) is 35.8. The molecular weight excluding hydrogens is 1040 g/mol. The number of ether oxygens (including phenoxy) is 1. The summed E-state index contributed by atoms with van der Waals surface area (Å²) in [6, 6.07) is -0.883. The minimum Gasteiger partial charge on any atom is -0.756 e. The average Bonchev–Trinajstić information content (AvgIpc) is 3.45. The lowest BCUT2D eigenvalue weighted by molar-refractivity contribution is -0.870. The van der Waals surface area contributed by atoms with Gasteiger partial charge >= 0.3 is 5.97 Å². The fourth-order valence-corrected chi connectivity index (χ4v) is 11.5. The van der Waals surface area contributed by atoms with Crippen LogP contribution in [0.1, 0.15) is 361 Å². The van der Waals surface area contributed by atoms with E-state index >= 15 is 0 Å². The number of phosphoric ester groups is 1. The van der Waals surface area contributed by atoms with Gasteiger partial charge in [0.1, 0.15) is 19.3 Å². The van der Waals surface area contributed by atoms with Gasteiger partial charge in [0, 0.05) is 12.8 Å². The standard InChI is InChI=1S/C72H139N2O7P/c1-7-10-13-16-19-22-25-28-30-32-33-34-35-36-37-38-39-40-41-42-44-47-50-53-56-59-62-65-72(76)81-70(63-60-57-54-51-48-45-27-24-21-18-15-12-9-3)69(68-80-82(77,78)79-67-66-74(4,5)6)73-71(75)64-61-58-55-52-49-46-43-31-29-26-23-20-17-14-11-8-2/h19,22,28,30,60,63,69-70H,7-18,20-21,23-27,29,31-59,61-62,64-68H2,1-6H3,(H-,73,75,77,78)/b22-19-,30-28-,63-60-. The number of amides is 1. The molecule has 0 heterocycles. The third-order valence-electron chi connectivity index (χ3n) is 16.3. The molecule has 0 aromatic rings. The van der Waals surface area contributed by atoms with Crippen LogP contribution in [0.5, 0.6) is 0 Å². The molecular formula is C72H139N2O7P. The molecule has 82 heavy (non-hydrogen) atoms. The SMILES string of the molecule is CCCCC/C=C\C/C=C\CCCCCCCCCCCCCCCCCCCC(=O)OC(/C=C\CCCCCCCCCCCCC)C(COP(=O)([O-])OCC[N+](C)(C)C)NC(=O)CCCCCCCCCCCCCCCCCC. The Morgan fingerprint density at radius 2 is 0.744 bits per heavy atom. The van der Waals surface area contributed by atoms with E-state index < -0.39 is 20.0 Å². The molecule has 0 rings (SSSR count). The predicted octanol–water partition coefficient (Wildman–Crippen LogP) is 22.0. The number of likely N-dealkylation sites (N-methyl/N-ethyl adjacent to an activating group) is 1. The number of allylic oxidation sites excluding steroid dienone is 5. The van der Waals surface area contributed by atoms with Gasteiger partial charge < -0.3 is 28.5 Å².